The minimum Gasteiger partial charge on any atom is -0.467 e. The van der Waals surface area contributed by atoms with Crippen molar-refractivity contribution in [2.24, 2.45) is 5.73 Å². The number of benzene rings is 1. The topological polar surface area (TPSA) is 71.5 Å². The number of carbonyl (C=O) groups is 1. The van der Waals surface area contributed by atoms with Gasteiger partial charge in [0.15, 0.2) is 0 Å². The number of likely N-dealkylation sites (tertiary alicyclic amines) is 1. The van der Waals surface area contributed by atoms with Crippen LogP contribution in [0.3, 0.4) is 0 Å². The van der Waals surface area contributed by atoms with E-state index in [1.54, 1.807) is 6.07 Å². The second-order valence-electron chi connectivity index (χ2n) is 6.16. The first-order chi connectivity index (χ1) is 11.6. The Hall–Kier alpha value is -1.60. The van der Waals surface area contributed by atoms with Gasteiger partial charge in [0.1, 0.15) is 17.8 Å². The summed E-state index contributed by atoms with van der Waals surface area (Å²) in [7, 11) is 0. The Kier molecular flexibility index (Phi) is 9.08. The number of halogens is 3. The fraction of sp³-hybridized carbons (Fsp3) is 0.389. The molecule has 5 nitrogen and oxygen atoms in total. The monoisotopic (exact) mass is 403 g/mol. The van der Waals surface area contributed by atoms with E-state index in [2.05, 4.69) is 10.2 Å². The van der Waals surface area contributed by atoms with Crippen molar-refractivity contribution in [3.8, 4) is 0 Å². The van der Waals surface area contributed by atoms with E-state index in [0.717, 1.165) is 38.0 Å². The highest BCUT2D eigenvalue weighted by Crippen LogP contribution is 2.15. The lowest BCUT2D eigenvalue weighted by Crippen LogP contribution is -2.44. The lowest BCUT2D eigenvalue weighted by atomic mass is 10.0. The minimum atomic E-state index is -0.211. The number of nitrogens with one attached hydrogen (secondary N) is 1. The summed E-state index contributed by atoms with van der Waals surface area (Å²) in [6.45, 7) is 2.90. The van der Waals surface area contributed by atoms with Gasteiger partial charge in [-0.15, -0.1) is 24.8 Å². The highest BCUT2D eigenvalue weighted by atomic mass is 35.5. The van der Waals surface area contributed by atoms with Crippen LogP contribution in [0.4, 0.5) is 4.39 Å². The van der Waals surface area contributed by atoms with Gasteiger partial charge in [0.2, 0.25) is 0 Å². The highest BCUT2D eigenvalue weighted by Gasteiger charge is 2.21. The minimum absolute atomic E-state index is 0. The van der Waals surface area contributed by atoms with Crippen LogP contribution in [0, 0.1) is 5.82 Å². The van der Waals surface area contributed by atoms with Crippen molar-refractivity contribution in [1.82, 2.24) is 10.2 Å². The van der Waals surface area contributed by atoms with Gasteiger partial charge in [-0.3, -0.25) is 9.69 Å². The average Bonchev–Trinajstić information content (AvgIpc) is 3.08. The Morgan fingerprint density at radius 2 is 1.88 bits per heavy atom. The number of furan rings is 1. The van der Waals surface area contributed by atoms with Gasteiger partial charge in [0.05, 0.1) is 12.1 Å². The van der Waals surface area contributed by atoms with E-state index in [1.165, 1.54) is 18.4 Å². The number of hydrogen-bond donors (Lipinski definition) is 2. The maximum Gasteiger partial charge on any atom is 0.254 e. The molecular weight excluding hydrogens is 380 g/mol. The van der Waals surface area contributed by atoms with Gasteiger partial charge in [-0.05, 0) is 36.6 Å². The van der Waals surface area contributed by atoms with E-state index < -0.39 is 0 Å². The summed E-state index contributed by atoms with van der Waals surface area (Å²) >= 11 is 0. The van der Waals surface area contributed by atoms with Crippen LogP contribution in [0.5, 0.6) is 0 Å². The van der Waals surface area contributed by atoms with E-state index in [4.69, 9.17) is 10.2 Å². The largest absolute Gasteiger partial charge is 0.467 e. The van der Waals surface area contributed by atoms with Crippen LogP contribution < -0.4 is 11.1 Å². The molecule has 144 valence electrons. The molecule has 0 bridgehead atoms. The summed E-state index contributed by atoms with van der Waals surface area (Å²) in [4.78, 5) is 14.5. The van der Waals surface area contributed by atoms with Gasteiger partial charge in [0, 0.05) is 25.7 Å². The molecule has 2 aromatic rings. The quantitative estimate of drug-likeness (QED) is 0.804. The summed E-state index contributed by atoms with van der Waals surface area (Å²) in [6, 6.07) is 8.46. The SMILES string of the molecule is Cl.Cl.NCc1cc(C(=O)NC2CCN(Cc3ccc(F)cc3)CC2)co1. The second kappa shape index (κ2) is 10.5. The molecule has 8 heteroatoms. The van der Waals surface area contributed by atoms with Crippen LogP contribution in [0.25, 0.3) is 0 Å². The Labute approximate surface area is 164 Å². The summed E-state index contributed by atoms with van der Waals surface area (Å²) < 4.78 is 18.1. The van der Waals surface area contributed by atoms with Gasteiger partial charge in [-0.1, -0.05) is 12.1 Å². The van der Waals surface area contributed by atoms with E-state index in [1.807, 2.05) is 12.1 Å². The van der Waals surface area contributed by atoms with Crippen molar-refractivity contribution in [2.45, 2.75) is 32.0 Å². The first-order valence-corrected chi connectivity index (χ1v) is 8.19. The number of piperidine rings is 1. The predicted molar refractivity (Wildman–Crippen MR) is 103 cm³/mol. The molecule has 0 spiro atoms. The fourth-order valence-electron chi connectivity index (χ4n) is 2.96. The van der Waals surface area contributed by atoms with Crippen LogP contribution in [-0.4, -0.2) is 29.9 Å². The van der Waals surface area contributed by atoms with E-state index >= 15 is 0 Å². The zero-order valence-electron chi connectivity index (χ0n) is 14.3. The number of amides is 1. The molecule has 1 aliphatic heterocycles. The predicted octanol–water partition coefficient (Wildman–Crippen LogP) is 3.12. The Morgan fingerprint density at radius 1 is 1.23 bits per heavy atom. The van der Waals surface area contributed by atoms with Crippen molar-refractivity contribution in [3.63, 3.8) is 0 Å². The number of carbonyl (C=O) groups excluding carboxylic acids is 1. The van der Waals surface area contributed by atoms with Gasteiger partial charge < -0.3 is 15.5 Å². The van der Waals surface area contributed by atoms with Gasteiger partial charge >= 0.3 is 0 Å². The van der Waals surface area contributed by atoms with Crippen molar-refractivity contribution in [3.05, 3.63) is 59.3 Å². The van der Waals surface area contributed by atoms with Gasteiger partial charge in [-0.25, -0.2) is 4.39 Å². The molecule has 0 aliphatic carbocycles. The standard InChI is InChI=1S/C18H22FN3O2.2ClH/c19-15-3-1-13(2-4-15)11-22-7-5-16(6-8-22)21-18(23)14-9-17(10-20)24-12-14;;/h1-4,9,12,16H,5-8,10-11,20H2,(H,21,23);2*1H. The average molecular weight is 404 g/mol. The summed E-state index contributed by atoms with van der Waals surface area (Å²) in [5.41, 5.74) is 7.10. The molecular formula is C18H24Cl2FN3O2. The molecule has 3 N–H and O–H groups in total. The molecule has 1 fully saturated rings. The fourth-order valence-corrected chi connectivity index (χ4v) is 2.96. The molecule has 0 saturated carbocycles. The lowest BCUT2D eigenvalue weighted by molar-refractivity contribution is 0.0908. The zero-order valence-corrected chi connectivity index (χ0v) is 16.0. The van der Waals surface area contributed by atoms with Gasteiger partial charge in [0.25, 0.3) is 5.91 Å². The Balaban J connectivity index is 0.00000169. The second-order valence-corrected chi connectivity index (χ2v) is 6.16. The molecule has 0 atom stereocenters. The van der Waals surface area contributed by atoms with Crippen LogP contribution in [-0.2, 0) is 13.1 Å². The number of nitrogens with zero attached hydrogens (tertiary/aromatic N) is 1. The molecule has 1 aromatic carbocycles. The molecule has 26 heavy (non-hydrogen) atoms. The molecule has 1 aromatic heterocycles. The van der Waals surface area contributed by atoms with Crippen LogP contribution in [0.1, 0.15) is 34.5 Å². The van der Waals surface area contributed by atoms with E-state index in [9.17, 15) is 9.18 Å². The normalized spacial score (nSPS) is 15.0. The smallest absolute Gasteiger partial charge is 0.254 e. The highest BCUT2D eigenvalue weighted by molar-refractivity contribution is 5.94. The van der Waals surface area contributed by atoms with Crippen LogP contribution >= 0.6 is 24.8 Å². The number of rotatable bonds is 5. The maximum atomic E-state index is 12.9. The molecule has 0 unspecified atom stereocenters. The van der Waals surface area contributed by atoms with Crippen molar-refractivity contribution in [2.75, 3.05) is 13.1 Å². The van der Waals surface area contributed by atoms with Crippen molar-refractivity contribution < 1.29 is 13.6 Å². The summed E-state index contributed by atoms with van der Waals surface area (Å²) in [5.74, 6) is 0.280. The number of hydrogen-bond acceptors (Lipinski definition) is 4. The van der Waals surface area contributed by atoms with E-state index in [0.29, 0.717) is 11.3 Å². The first-order valence-electron chi connectivity index (χ1n) is 8.19. The van der Waals surface area contributed by atoms with Crippen LogP contribution in [0.15, 0.2) is 41.0 Å². The van der Waals surface area contributed by atoms with Crippen molar-refractivity contribution >= 4 is 30.7 Å². The van der Waals surface area contributed by atoms with Gasteiger partial charge in [-0.2, -0.15) is 0 Å². The molecule has 1 saturated heterocycles. The lowest BCUT2D eigenvalue weighted by Gasteiger charge is -2.32. The third-order valence-corrected chi connectivity index (χ3v) is 4.36. The molecule has 2 heterocycles. The summed E-state index contributed by atoms with van der Waals surface area (Å²) in [6.07, 6.45) is 3.24. The third-order valence-electron chi connectivity index (χ3n) is 4.36. The van der Waals surface area contributed by atoms with Crippen molar-refractivity contribution in [1.29, 1.82) is 0 Å². The molecule has 1 amide bonds. The maximum absolute atomic E-state index is 12.9. The molecule has 1 aliphatic rings. The third kappa shape index (κ3) is 5.99. The Bertz CT molecular complexity index is 686. The summed E-state index contributed by atoms with van der Waals surface area (Å²) in [5, 5.41) is 3.05. The van der Waals surface area contributed by atoms with E-state index in [-0.39, 0.29) is 49.1 Å². The molecule has 0 radical (unpaired) electrons. The molecule has 3 rings (SSSR count). The number of nitrogens with two attached hydrogens (primary N) is 1. The Morgan fingerprint density at radius 3 is 2.46 bits per heavy atom. The van der Waals surface area contributed by atoms with Crippen LogP contribution in [0.2, 0.25) is 0 Å². The zero-order chi connectivity index (χ0) is 16.9. The first kappa shape index (κ1) is 22.4.